The molecule has 1 aromatic rings. The van der Waals surface area contributed by atoms with Gasteiger partial charge in [0.2, 0.25) is 10.0 Å². The van der Waals surface area contributed by atoms with Crippen LogP contribution in [0.2, 0.25) is 5.02 Å². The lowest BCUT2D eigenvalue weighted by Gasteiger charge is -2.31. The van der Waals surface area contributed by atoms with Crippen molar-refractivity contribution in [2.45, 2.75) is 17.9 Å². The number of nitrogens with zero attached hydrogens (tertiary/aromatic N) is 1. The fourth-order valence-electron chi connectivity index (χ4n) is 2.02. The molecule has 114 valence electrons. The average Bonchev–Trinajstić information content (AvgIpc) is 2.26. The fourth-order valence-corrected chi connectivity index (χ4v) is 5.30. The summed E-state index contributed by atoms with van der Waals surface area (Å²) in [5.74, 6) is -0.579. The van der Waals surface area contributed by atoms with E-state index in [-0.39, 0.29) is 32.8 Å². The van der Waals surface area contributed by atoms with E-state index in [9.17, 15) is 12.8 Å². The summed E-state index contributed by atoms with van der Waals surface area (Å²) >= 11 is 8.95. The first kappa shape index (κ1) is 18.1. The first-order valence-corrected chi connectivity index (χ1v) is 8.31. The highest BCUT2D eigenvalue weighted by Gasteiger charge is 2.32. The van der Waals surface area contributed by atoms with Crippen LogP contribution < -0.4 is 5.32 Å². The van der Waals surface area contributed by atoms with Gasteiger partial charge in [-0.25, -0.2) is 12.8 Å². The van der Waals surface area contributed by atoms with Crippen LogP contribution in [0.25, 0.3) is 0 Å². The third-order valence-corrected chi connectivity index (χ3v) is 6.16. The summed E-state index contributed by atoms with van der Waals surface area (Å²) in [6.07, 6.45) is 0. The van der Waals surface area contributed by atoms with E-state index in [2.05, 4.69) is 21.2 Å². The van der Waals surface area contributed by atoms with E-state index in [1.165, 1.54) is 4.31 Å². The molecule has 0 amide bonds. The van der Waals surface area contributed by atoms with Crippen molar-refractivity contribution in [1.82, 2.24) is 9.62 Å². The number of hydrogen-bond donors (Lipinski definition) is 1. The fraction of sp³-hybridized carbons (Fsp3) is 0.455. The predicted octanol–water partition coefficient (Wildman–Crippen LogP) is 2.65. The Balaban J connectivity index is 0.00000200. The molecule has 0 saturated carbocycles. The summed E-state index contributed by atoms with van der Waals surface area (Å²) in [5.41, 5.74) is 0. The summed E-state index contributed by atoms with van der Waals surface area (Å²) in [5, 5.41) is 3.05. The zero-order valence-electron chi connectivity index (χ0n) is 10.6. The van der Waals surface area contributed by atoms with Crippen LogP contribution in [0.4, 0.5) is 4.39 Å². The van der Waals surface area contributed by atoms with Gasteiger partial charge in [-0.2, -0.15) is 4.31 Å². The topological polar surface area (TPSA) is 49.4 Å². The molecule has 20 heavy (non-hydrogen) atoms. The van der Waals surface area contributed by atoms with Crippen molar-refractivity contribution in [1.29, 1.82) is 0 Å². The molecule has 1 heterocycles. The first-order valence-electron chi connectivity index (χ1n) is 5.70. The Hall–Kier alpha value is 0.0800. The summed E-state index contributed by atoms with van der Waals surface area (Å²) in [7, 11) is -3.73. The second kappa shape index (κ2) is 6.89. The van der Waals surface area contributed by atoms with Crippen LogP contribution in [0, 0.1) is 5.82 Å². The molecule has 1 aromatic carbocycles. The molecule has 2 rings (SSSR count). The molecule has 1 N–H and O–H groups in total. The summed E-state index contributed by atoms with van der Waals surface area (Å²) < 4.78 is 39.8. The highest BCUT2D eigenvalue weighted by molar-refractivity contribution is 9.10. The van der Waals surface area contributed by atoms with Crippen LogP contribution in [0.15, 0.2) is 21.5 Å². The molecule has 1 atom stereocenters. The molecule has 0 bridgehead atoms. The molecule has 0 aliphatic carbocycles. The van der Waals surface area contributed by atoms with E-state index < -0.39 is 15.8 Å². The third-order valence-electron chi connectivity index (χ3n) is 2.89. The molecule has 1 saturated heterocycles. The van der Waals surface area contributed by atoms with E-state index in [0.717, 1.165) is 12.1 Å². The van der Waals surface area contributed by atoms with Gasteiger partial charge in [0.15, 0.2) is 0 Å². The molecular weight excluding hydrogens is 394 g/mol. The van der Waals surface area contributed by atoms with Gasteiger partial charge in [-0.05, 0) is 35.0 Å². The number of halogens is 4. The zero-order valence-corrected chi connectivity index (χ0v) is 14.5. The number of nitrogens with one attached hydrogen (secondary N) is 1. The Labute approximate surface area is 137 Å². The SMILES string of the molecule is CC1CN(S(=O)(=O)c2c(Cl)cc(F)cc2Br)CCN1.Cl. The van der Waals surface area contributed by atoms with Crippen molar-refractivity contribution >= 4 is 50.0 Å². The monoisotopic (exact) mass is 406 g/mol. The first-order chi connectivity index (χ1) is 8.82. The Morgan fingerprint density at radius 3 is 2.70 bits per heavy atom. The Kier molecular flexibility index (Phi) is 6.25. The van der Waals surface area contributed by atoms with Gasteiger partial charge in [0.05, 0.1) is 5.02 Å². The van der Waals surface area contributed by atoms with Crippen LogP contribution in [-0.2, 0) is 10.0 Å². The molecule has 1 fully saturated rings. The van der Waals surface area contributed by atoms with Crippen LogP contribution in [0.5, 0.6) is 0 Å². The molecule has 1 aliphatic heterocycles. The van der Waals surface area contributed by atoms with Crippen LogP contribution in [0.3, 0.4) is 0 Å². The third kappa shape index (κ3) is 3.64. The van der Waals surface area contributed by atoms with Gasteiger partial charge in [0.25, 0.3) is 0 Å². The van der Waals surface area contributed by atoms with Crippen molar-refractivity contribution in [2.75, 3.05) is 19.6 Å². The van der Waals surface area contributed by atoms with E-state index in [1.54, 1.807) is 0 Å². The normalized spacial score (nSPS) is 20.5. The Bertz CT molecular complexity index is 577. The maximum atomic E-state index is 13.2. The molecule has 1 unspecified atom stereocenters. The highest BCUT2D eigenvalue weighted by atomic mass is 79.9. The Morgan fingerprint density at radius 1 is 1.50 bits per heavy atom. The van der Waals surface area contributed by atoms with Crippen molar-refractivity contribution in [3.8, 4) is 0 Å². The largest absolute Gasteiger partial charge is 0.312 e. The average molecular weight is 408 g/mol. The van der Waals surface area contributed by atoms with Crippen molar-refractivity contribution in [2.24, 2.45) is 0 Å². The van der Waals surface area contributed by atoms with Crippen molar-refractivity contribution in [3.05, 3.63) is 27.4 Å². The quantitative estimate of drug-likeness (QED) is 0.819. The lowest BCUT2D eigenvalue weighted by atomic mass is 10.3. The van der Waals surface area contributed by atoms with Gasteiger partial charge < -0.3 is 5.32 Å². The molecule has 0 spiro atoms. The minimum atomic E-state index is -3.73. The van der Waals surface area contributed by atoms with E-state index in [0.29, 0.717) is 19.6 Å². The number of piperazine rings is 1. The summed E-state index contributed by atoms with van der Waals surface area (Å²) in [6.45, 7) is 3.22. The second-order valence-corrected chi connectivity index (χ2v) is 7.55. The lowest BCUT2D eigenvalue weighted by molar-refractivity contribution is 0.310. The predicted molar refractivity (Wildman–Crippen MR) is 82.6 cm³/mol. The van der Waals surface area contributed by atoms with Gasteiger partial charge >= 0.3 is 0 Å². The molecule has 1 aliphatic rings. The molecule has 4 nitrogen and oxygen atoms in total. The van der Waals surface area contributed by atoms with Crippen LogP contribution in [-0.4, -0.2) is 38.4 Å². The van der Waals surface area contributed by atoms with E-state index in [4.69, 9.17) is 11.6 Å². The smallest absolute Gasteiger partial charge is 0.245 e. The standard InChI is InChI=1S/C11H13BrClFN2O2S.ClH/c1-7-6-16(3-2-15-7)19(17,18)11-9(12)4-8(14)5-10(11)13;/h4-5,7,15H,2-3,6H2,1H3;1H. The van der Waals surface area contributed by atoms with Gasteiger partial charge in [0, 0.05) is 30.1 Å². The Morgan fingerprint density at radius 2 is 2.15 bits per heavy atom. The molecular formula is C11H14BrCl2FN2O2S. The summed E-state index contributed by atoms with van der Waals surface area (Å²) in [4.78, 5) is -0.0790. The number of sulfonamides is 1. The van der Waals surface area contributed by atoms with E-state index >= 15 is 0 Å². The number of benzene rings is 1. The van der Waals surface area contributed by atoms with Crippen molar-refractivity contribution < 1.29 is 12.8 Å². The van der Waals surface area contributed by atoms with Crippen LogP contribution in [0.1, 0.15) is 6.92 Å². The highest BCUT2D eigenvalue weighted by Crippen LogP contribution is 2.33. The minimum absolute atomic E-state index is 0. The van der Waals surface area contributed by atoms with Gasteiger partial charge in [-0.3, -0.25) is 0 Å². The summed E-state index contributed by atoms with van der Waals surface area (Å²) in [6, 6.07) is 2.18. The second-order valence-electron chi connectivity index (χ2n) is 4.42. The number of hydrogen-bond acceptors (Lipinski definition) is 3. The number of rotatable bonds is 2. The van der Waals surface area contributed by atoms with Gasteiger partial charge in [-0.1, -0.05) is 11.6 Å². The maximum Gasteiger partial charge on any atom is 0.245 e. The van der Waals surface area contributed by atoms with Crippen LogP contribution >= 0.6 is 39.9 Å². The van der Waals surface area contributed by atoms with E-state index in [1.807, 2.05) is 6.92 Å². The maximum absolute atomic E-state index is 13.2. The van der Waals surface area contributed by atoms with Crippen molar-refractivity contribution in [3.63, 3.8) is 0 Å². The van der Waals surface area contributed by atoms with Gasteiger partial charge in [-0.15, -0.1) is 12.4 Å². The molecule has 0 radical (unpaired) electrons. The zero-order chi connectivity index (χ0) is 14.2. The molecule has 0 aromatic heterocycles. The molecule has 9 heteroatoms. The van der Waals surface area contributed by atoms with Gasteiger partial charge in [0.1, 0.15) is 10.7 Å². The minimum Gasteiger partial charge on any atom is -0.312 e. The lowest BCUT2D eigenvalue weighted by Crippen LogP contribution is -2.51.